The first-order valence-corrected chi connectivity index (χ1v) is 4.26. The van der Waals surface area contributed by atoms with Gasteiger partial charge in [-0.3, -0.25) is 4.79 Å². The highest BCUT2D eigenvalue weighted by Gasteiger charge is 2.16. The van der Waals surface area contributed by atoms with Gasteiger partial charge in [-0.05, 0) is 24.6 Å². The third kappa shape index (κ3) is 1.37. The molecule has 13 heavy (non-hydrogen) atoms. The number of carbonyl (C=O) groups excluding carboxylic acids is 1. The summed E-state index contributed by atoms with van der Waals surface area (Å²) in [6.45, 7) is 3.21. The summed E-state index contributed by atoms with van der Waals surface area (Å²) in [7, 11) is 0. The van der Waals surface area contributed by atoms with Crippen LogP contribution in [0.25, 0.3) is 0 Å². The van der Waals surface area contributed by atoms with E-state index in [1.807, 2.05) is 25.1 Å². The van der Waals surface area contributed by atoms with Gasteiger partial charge in [-0.15, -0.1) is 0 Å². The van der Waals surface area contributed by atoms with Crippen LogP contribution in [0, 0.1) is 6.92 Å². The van der Waals surface area contributed by atoms with Gasteiger partial charge in [-0.1, -0.05) is 6.07 Å². The van der Waals surface area contributed by atoms with Gasteiger partial charge < -0.3 is 9.64 Å². The molecule has 1 amide bonds. The molecule has 0 aromatic heterocycles. The molecular weight excluding hydrogens is 166 g/mol. The summed E-state index contributed by atoms with van der Waals surface area (Å²) in [6, 6.07) is 5.84. The van der Waals surface area contributed by atoms with Gasteiger partial charge in [0, 0.05) is 0 Å². The maximum atomic E-state index is 10.7. The zero-order chi connectivity index (χ0) is 9.26. The van der Waals surface area contributed by atoms with Crippen molar-refractivity contribution in [2.45, 2.75) is 6.92 Å². The van der Waals surface area contributed by atoms with Crippen molar-refractivity contribution in [3.63, 3.8) is 0 Å². The van der Waals surface area contributed by atoms with E-state index in [-0.39, 0.29) is 0 Å². The number of amides is 1. The van der Waals surface area contributed by atoms with Crippen LogP contribution in [0.3, 0.4) is 0 Å². The molecule has 2 rings (SSSR count). The van der Waals surface area contributed by atoms with Crippen LogP contribution in [-0.4, -0.2) is 19.6 Å². The van der Waals surface area contributed by atoms with Crippen molar-refractivity contribution in [1.29, 1.82) is 0 Å². The molecule has 1 aliphatic rings. The van der Waals surface area contributed by atoms with E-state index >= 15 is 0 Å². The fourth-order valence-electron chi connectivity index (χ4n) is 1.46. The Morgan fingerprint density at radius 2 is 2.38 bits per heavy atom. The minimum absolute atomic E-state index is 0.578. The number of benzene rings is 1. The number of hydrogen-bond acceptors (Lipinski definition) is 2. The fourth-order valence-corrected chi connectivity index (χ4v) is 1.46. The summed E-state index contributed by atoms with van der Waals surface area (Å²) in [5.41, 5.74) is 2.01. The second kappa shape index (κ2) is 3.09. The van der Waals surface area contributed by atoms with E-state index in [1.54, 1.807) is 4.90 Å². The number of ether oxygens (including phenoxy) is 1. The quantitative estimate of drug-likeness (QED) is 0.606. The Morgan fingerprint density at radius 1 is 1.54 bits per heavy atom. The normalized spacial score (nSPS) is 14.7. The van der Waals surface area contributed by atoms with Gasteiger partial charge in [0.1, 0.15) is 12.4 Å². The zero-order valence-electron chi connectivity index (χ0n) is 7.49. The van der Waals surface area contributed by atoms with Gasteiger partial charge in [-0.25, -0.2) is 0 Å². The van der Waals surface area contributed by atoms with Gasteiger partial charge in [0.15, 0.2) is 0 Å². The highest BCUT2D eigenvalue weighted by Crippen LogP contribution is 2.31. The van der Waals surface area contributed by atoms with Gasteiger partial charge in [0.05, 0.1) is 12.2 Å². The Bertz CT molecular complexity index is 336. The lowest BCUT2D eigenvalue weighted by Crippen LogP contribution is -2.31. The van der Waals surface area contributed by atoms with Crippen LogP contribution >= 0.6 is 0 Å². The molecule has 0 radical (unpaired) electrons. The summed E-state index contributed by atoms with van der Waals surface area (Å²) < 4.78 is 5.41. The maximum absolute atomic E-state index is 10.7. The van der Waals surface area contributed by atoms with E-state index in [0.29, 0.717) is 13.2 Å². The van der Waals surface area contributed by atoms with Gasteiger partial charge >= 0.3 is 0 Å². The summed E-state index contributed by atoms with van der Waals surface area (Å²) in [4.78, 5) is 12.4. The predicted molar refractivity (Wildman–Crippen MR) is 50.1 cm³/mol. The first-order chi connectivity index (χ1) is 6.31. The number of rotatable bonds is 1. The standard InChI is InChI=1S/C10H11NO2/c1-8-2-3-10-9(6-8)11(7-12)4-5-13-10/h2-3,6-7H,4-5H2,1H3. The van der Waals surface area contributed by atoms with Crippen molar-refractivity contribution in [1.82, 2.24) is 0 Å². The van der Waals surface area contributed by atoms with Crippen LogP contribution in [0.2, 0.25) is 0 Å². The van der Waals surface area contributed by atoms with Gasteiger partial charge in [0.2, 0.25) is 6.41 Å². The van der Waals surface area contributed by atoms with Gasteiger partial charge in [-0.2, -0.15) is 0 Å². The monoisotopic (exact) mass is 177 g/mol. The van der Waals surface area contributed by atoms with Crippen LogP contribution in [0.4, 0.5) is 5.69 Å². The van der Waals surface area contributed by atoms with E-state index in [9.17, 15) is 4.79 Å². The minimum atomic E-state index is 0.578. The lowest BCUT2D eigenvalue weighted by molar-refractivity contribution is -0.107. The van der Waals surface area contributed by atoms with Crippen molar-refractivity contribution >= 4 is 12.1 Å². The predicted octanol–water partition coefficient (Wildman–Crippen LogP) is 1.35. The number of nitrogens with zero attached hydrogens (tertiary/aromatic N) is 1. The number of fused-ring (bicyclic) bond motifs is 1. The number of anilines is 1. The van der Waals surface area contributed by atoms with E-state index < -0.39 is 0 Å². The lowest BCUT2D eigenvalue weighted by Gasteiger charge is -2.26. The molecule has 1 aliphatic heterocycles. The Balaban J connectivity index is 2.47. The summed E-state index contributed by atoms with van der Waals surface area (Å²) >= 11 is 0. The third-order valence-corrected chi connectivity index (χ3v) is 2.14. The SMILES string of the molecule is Cc1ccc2c(c1)N(C=O)CCO2. The number of aryl methyl sites for hydroxylation is 1. The van der Waals surface area contributed by atoms with E-state index in [1.165, 1.54) is 0 Å². The van der Waals surface area contributed by atoms with Crippen LogP contribution in [0.5, 0.6) is 5.75 Å². The molecule has 3 nitrogen and oxygen atoms in total. The Kier molecular flexibility index (Phi) is 1.93. The van der Waals surface area contributed by atoms with Crippen LogP contribution in [-0.2, 0) is 4.79 Å². The zero-order valence-corrected chi connectivity index (χ0v) is 7.49. The molecule has 0 unspecified atom stereocenters. The Labute approximate surface area is 76.9 Å². The van der Waals surface area contributed by atoms with Crippen molar-refractivity contribution < 1.29 is 9.53 Å². The molecule has 68 valence electrons. The minimum Gasteiger partial charge on any atom is -0.490 e. The molecular formula is C10H11NO2. The molecule has 0 aliphatic carbocycles. The molecule has 0 saturated heterocycles. The molecule has 0 saturated carbocycles. The molecule has 0 bridgehead atoms. The average molecular weight is 177 g/mol. The molecule has 0 fully saturated rings. The van der Waals surface area contributed by atoms with E-state index in [2.05, 4.69) is 0 Å². The Morgan fingerprint density at radius 3 is 3.15 bits per heavy atom. The number of hydrogen-bond donors (Lipinski definition) is 0. The second-order valence-corrected chi connectivity index (χ2v) is 3.12. The summed E-state index contributed by atoms with van der Waals surface area (Å²) in [5, 5.41) is 0. The highest BCUT2D eigenvalue weighted by atomic mass is 16.5. The smallest absolute Gasteiger partial charge is 0.214 e. The topological polar surface area (TPSA) is 29.5 Å². The summed E-state index contributed by atoms with van der Waals surface area (Å²) in [5.74, 6) is 0.795. The first-order valence-electron chi connectivity index (χ1n) is 4.26. The van der Waals surface area contributed by atoms with E-state index in [0.717, 1.165) is 23.4 Å². The molecule has 1 aromatic rings. The second-order valence-electron chi connectivity index (χ2n) is 3.12. The third-order valence-electron chi connectivity index (χ3n) is 2.14. The van der Waals surface area contributed by atoms with Crippen molar-refractivity contribution in [3.05, 3.63) is 23.8 Å². The van der Waals surface area contributed by atoms with Crippen LogP contribution in [0.1, 0.15) is 5.56 Å². The molecule has 3 heteroatoms. The van der Waals surface area contributed by atoms with Crippen molar-refractivity contribution in [2.75, 3.05) is 18.1 Å². The average Bonchev–Trinajstić information content (AvgIpc) is 2.17. The summed E-state index contributed by atoms with van der Waals surface area (Å²) in [6.07, 6.45) is 0.848. The molecule has 1 aromatic carbocycles. The molecule has 1 heterocycles. The maximum Gasteiger partial charge on any atom is 0.214 e. The molecule has 0 atom stereocenters. The lowest BCUT2D eigenvalue weighted by atomic mass is 10.2. The largest absolute Gasteiger partial charge is 0.490 e. The van der Waals surface area contributed by atoms with Crippen molar-refractivity contribution in [2.24, 2.45) is 0 Å². The van der Waals surface area contributed by atoms with E-state index in [4.69, 9.17) is 4.74 Å². The number of carbonyl (C=O) groups is 1. The Hall–Kier alpha value is -1.51. The van der Waals surface area contributed by atoms with Crippen molar-refractivity contribution in [3.8, 4) is 5.75 Å². The molecule has 0 spiro atoms. The fraction of sp³-hybridized carbons (Fsp3) is 0.300. The van der Waals surface area contributed by atoms with Gasteiger partial charge in [0.25, 0.3) is 0 Å². The van der Waals surface area contributed by atoms with Crippen LogP contribution in [0.15, 0.2) is 18.2 Å². The first kappa shape index (κ1) is 8.10. The van der Waals surface area contributed by atoms with Crippen LogP contribution < -0.4 is 9.64 Å². The molecule has 0 N–H and O–H groups in total. The highest BCUT2D eigenvalue weighted by molar-refractivity contribution is 5.79.